The van der Waals surface area contributed by atoms with E-state index in [-0.39, 0.29) is 18.7 Å². The molecule has 0 spiro atoms. The number of benzene rings is 1. The van der Waals surface area contributed by atoms with E-state index in [4.69, 9.17) is 9.47 Å². The van der Waals surface area contributed by atoms with E-state index in [1.807, 2.05) is 30.3 Å². The van der Waals surface area contributed by atoms with Crippen molar-refractivity contribution in [3.63, 3.8) is 0 Å². The topological polar surface area (TPSA) is 87.5 Å². The lowest BCUT2D eigenvalue weighted by molar-refractivity contribution is -0.144. The fraction of sp³-hybridized carbons (Fsp3) is 0.391. The van der Waals surface area contributed by atoms with Gasteiger partial charge in [-0.1, -0.05) is 50.1 Å². The number of esters is 2. The quantitative estimate of drug-likeness (QED) is 0.350. The van der Waals surface area contributed by atoms with Crippen LogP contribution in [0.3, 0.4) is 0 Å². The lowest BCUT2D eigenvalue weighted by atomic mass is 10.2. The van der Waals surface area contributed by atoms with Gasteiger partial charge in [0.25, 0.3) is 5.56 Å². The maximum Gasteiger partial charge on any atom is 0.348 e. The van der Waals surface area contributed by atoms with Crippen molar-refractivity contribution in [3.05, 3.63) is 63.0 Å². The summed E-state index contributed by atoms with van der Waals surface area (Å²) in [6.07, 6.45) is 4.75. The van der Waals surface area contributed by atoms with Crippen molar-refractivity contribution in [1.29, 1.82) is 0 Å². The first kappa shape index (κ1) is 22.7. The van der Waals surface area contributed by atoms with Crippen molar-refractivity contribution < 1.29 is 19.1 Å². The van der Waals surface area contributed by atoms with E-state index in [2.05, 4.69) is 11.9 Å². The van der Waals surface area contributed by atoms with Crippen LogP contribution < -0.4 is 5.56 Å². The molecular weight excluding hydrogens is 416 g/mol. The molecule has 164 valence electrons. The van der Waals surface area contributed by atoms with Crippen molar-refractivity contribution >= 4 is 33.5 Å². The van der Waals surface area contributed by atoms with Gasteiger partial charge in [-0.15, -0.1) is 11.3 Å². The molecule has 0 radical (unpaired) electrons. The molecule has 0 N–H and O–H groups in total. The number of hydrogen-bond donors (Lipinski definition) is 0. The van der Waals surface area contributed by atoms with Gasteiger partial charge >= 0.3 is 11.9 Å². The highest BCUT2D eigenvalue weighted by Gasteiger charge is 2.21. The molecule has 2 aromatic heterocycles. The number of rotatable bonds is 10. The Morgan fingerprint density at radius 3 is 2.61 bits per heavy atom. The summed E-state index contributed by atoms with van der Waals surface area (Å²) in [6, 6.07) is 9.75. The normalized spacial score (nSPS) is 10.9. The Bertz CT molecular complexity index is 1100. The van der Waals surface area contributed by atoms with Gasteiger partial charge in [0.2, 0.25) is 0 Å². The number of fused-ring (bicyclic) bond motifs is 1. The lowest BCUT2D eigenvalue weighted by Crippen LogP contribution is -2.26. The first-order chi connectivity index (χ1) is 15.0. The SMILES string of the molecule is CCCCCOC(=O)Cn1cnc2sc(C(=O)OCCc3ccccc3)c(C)c2c1=O. The van der Waals surface area contributed by atoms with E-state index in [1.54, 1.807) is 6.92 Å². The van der Waals surface area contributed by atoms with E-state index in [0.29, 0.717) is 33.7 Å². The smallest absolute Gasteiger partial charge is 0.348 e. The molecule has 1 aromatic carbocycles. The summed E-state index contributed by atoms with van der Waals surface area (Å²) in [7, 11) is 0. The zero-order chi connectivity index (χ0) is 22.2. The van der Waals surface area contributed by atoms with E-state index in [0.717, 1.165) is 36.2 Å². The van der Waals surface area contributed by atoms with Crippen LogP contribution in [0.15, 0.2) is 41.5 Å². The maximum absolute atomic E-state index is 12.9. The third kappa shape index (κ3) is 5.79. The third-order valence-electron chi connectivity index (χ3n) is 4.88. The molecule has 2 heterocycles. The number of thiophene rings is 1. The number of nitrogens with zero attached hydrogens (tertiary/aromatic N) is 2. The van der Waals surface area contributed by atoms with Crippen molar-refractivity contribution in [2.24, 2.45) is 0 Å². The molecule has 3 rings (SSSR count). The van der Waals surface area contributed by atoms with E-state index < -0.39 is 11.9 Å². The van der Waals surface area contributed by atoms with Crippen LogP contribution >= 0.6 is 11.3 Å². The molecule has 0 amide bonds. The fourth-order valence-corrected chi connectivity index (χ4v) is 4.19. The first-order valence-electron chi connectivity index (χ1n) is 10.4. The number of unbranched alkanes of at least 4 members (excludes halogenated alkanes) is 2. The van der Waals surface area contributed by atoms with Gasteiger partial charge in [-0.2, -0.15) is 0 Å². The molecule has 0 fully saturated rings. The van der Waals surface area contributed by atoms with Crippen molar-refractivity contribution in [1.82, 2.24) is 9.55 Å². The van der Waals surface area contributed by atoms with E-state index in [1.165, 1.54) is 10.9 Å². The molecule has 0 aliphatic heterocycles. The van der Waals surface area contributed by atoms with Crippen LogP contribution in [0.25, 0.3) is 10.2 Å². The summed E-state index contributed by atoms with van der Waals surface area (Å²) < 4.78 is 11.8. The van der Waals surface area contributed by atoms with Gasteiger partial charge in [-0.3, -0.25) is 14.2 Å². The van der Waals surface area contributed by atoms with Gasteiger partial charge in [0.15, 0.2) is 0 Å². The van der Waals surface area contributed by atoms with E-state index in [9.17, 15) is 14.4 Å². The summed E-state index contributed by atoms with van der Waals surface area (Å²) in [5, 5.41) is 0.335. The molecule has 0 aliphatic rings. The maximum atomic E-state index is 12.9. The van der Waals surface area contributed by atoms with Gasteiger partial charge in [-0.25, -0.2) is 9.78 Å². The number of carbonyl (C=O) groups is 2. The van der Waals surface area contributed by atoms with Crippen LogP contribution in [-0.4, -0.2) is 34.7 Å². The molecule has 0 bridgehead atoms. The Balaban J connectivity index is 1.68. The minimum atomic E-state index is -0.479. The molecule has 0 atom stereocenters. The number of aromatic nitrogens is 2. The third-order valence-corrected chi connectivity index (χ3v) is 6.06. The minimum Gasteiger partial charge on any atom is -0.464 e. The Morgan fingerprint density at radius 2 is 1.87 bits per heavy atom. The standard InChI is InChI=1S/C23H26N2O5S/c1-3-4-8-12-29-18(26)14-25-15-24-21-19(22(25)27)16(2)20(31-21)23(28)30-13-11-17-9-6-5-7-10-17/h5-7,9-10,15H,3-4,8,11-14H2,1-2H3. The minimum absolute atomic E-state index is 0.208. The molecule has 7 nitrogen and oxygen atoms in total. The molecule has 0 unspecified atom stereocenters. The Hall–Kier alpha value is -3.00. The zero-order valence-electron chi connectivity index (χ0n) is 17.8. The zero-order valence-corrected chi connectivity index (χ0v) is 18.6. The Labute approximate surface area is 184 Å². The molecular formula is C23H26N2O5S. The first-order valence-corrected chi connectivity index (χ1v) is 11.2. The summed E-state index contributed by atoms with van der Waals surface area (Å²) in [4.78, 5) is 42.5. The monoisotopic (exact) mass is 442 g/mol. The van der Waals surface area contributed by atoms with Gasteiger partial charge in [-0.05, 0) is 24.5 Å². The fourth-order valence-electron chi connectivity index (χ4n) is 3.16. The number of hydrogen-bond acceptors (Lipinski definition) is 7. The van der Waals surface area contributed by atoms with Crippen molar-refractivity contribution in [3.8, 4) is 0 Å². The Morgan fingerprint density at radius 1 is 1.10 bits per heavy atom. The lowest BCUT2D eigenvalue weighted by Gasteiger charge is -2.06. The average Bonchev–Trinajstić information content (AvgIpc) is 3.11. The number of aryl methyl sites for hydroxylation is 1. The Kier molecular flexibility index (Phi) is 7.94. The summed E-state index contributed by atoms with van der Waals surface area (Å²) in [5.41, 5.74) is 1.23. The second kappa shape index (κ2) is 10.9. The van der Waals surface area contributed by atoms with Crippen LogP contribution in [0.5, 0.6) is 0 Å². The van der Waals surface area contributed by atoms with Gasteiger partial charge in [0.05, 0.1) is 24.9 Å². The van der Waals surface area contributed by atoms with Gasteiger partial charge in [0.1, 0.15) is 16.3 Å². The molecule has 0 aliphatic carbocycles. The second-order valence-corrected chi connectivity index (χ2v) is 8.21. The molecule has 0 saturated carbocycles. The number of carbonyl (C=O) groups excluding carboxylic acids is 2. The predicted octanol–water partition coefficient (Wildman–Crippen LogP) is 3.90. The second-order valence-electron chi connectivity index (χ2n) is 7.21. The van der Waals surface area contributed by atoms with Crippen molar-refractivity contribution in [2.75, 3.05) is 13.2 Å². The van der Waals surface area contributed by atoms with Crippen LogP contribution in [-0.2, 0) is 27.2 Å². The molecule has 31 heavy (non-hydrogen) atoms. The summed E-state index contributed by atoms with van der Waals surface area (Å²) in [6.45, 7) is 4.15. The predicted molar refractivity (Wildman–Crippen MR) is 120 cm³/mol. The van der Waals surface area contributed by atoms with Crippen LogP contribution in [0.1, 0.15) is 47.0 Å². The molecule has 3 aromatic rings. The average molecular weight is 443 g/mol. The highest BCUT2D eigenvalue weighted by atomic mass is 32.1. The van der Waals surface area contributed by atoms with E-state index >= 15 is 0 Å². The number of ether oxygens (including phenoxy) is 2. The summed E-state index contributed by atoms with van der Waals surface area (Å²) >= 11 is 1.12. The summed E-state index contributed by atoms with van der Waals surface area (Å²) in [5.74, 6) is -0.953. The van der Waals surface area contributed by atoms with Crippen LogP contribution in [0.2, 0.25) is 0 Å². The highest BCUT2D eigenvalue weighted by Crippen LogP contribution is 2.27. The van der Waals surface area contributed by atoms with Gasteiger partial charge < -0.3 is 9.47 Å². The molecule has 0 saturated heterocycles. The molecule has 8 heteroatoms. The highest BCUT2D eigenvalue weighted by molar-refractivity contribution is 7.20. The van der Waals surface area contributed by atoms with Crippen molar-refractivity contribution in [2.45, 2.75) is 46.1 Å². The van der Waals surface area contributed by atoms with Crippen LogP contribution in [0, 0.1) is 6.92 Å². The van der Waals surface area contributed by atoms with Gasteiger partial charge in [0, 0.05) is 6.42 Å². The van der Waals surface area contributed by atoms with Crippen LogP contribution in [0.4, 0.5) is 0 Å². The largest absolute Gasteiger partial charge is 0.464 e.